The summed E-state index contributed by atoms with van der Waals surface area (Å²) in [6.45, 7) is 15.2. The number of rotatable bonds is 44. The van der Waals surface area contributed by atoms with Crippen molar-refractivity contribution in [3.63, 3.8) is 0 Å². The van der Waals surface area contributed by atoms with E-state index in [4.69, 9.17) is 40.4 Å². The molecular weight excluding hydrogens is 1410 g/mol. The van der Waals surface area contributed by atoms with Crippen molar-refractivity contribution < 1.29 is 28.5 Å². The number of fused-ring (bicyclic) bond motifs is 8. The van der Waals surface area contributed by atoms with Gasteiger partial charge in [0.1, 0.15) is 35.1 Å². The van der Waals surface area contributed by atoms with Gasteiger partial charge in [-0.1, -0.05) is 141 Å². The SMILES string of the molecule is CCCOc1c2cccc1Cc1cc(Nc3nc(N)nc(NCCCCCCCCCCNC(=O)[C@H](C)n4c(=O)[nH]c(=O)[nH]c4=O)n3)cc(c1OCCC)Cc1cccc(c1OCCC)Cc1cc(Nc3nc(N)nc(NCCCCCCCCCCNC(=O)[C@H](C)n4c(=O)[nH]c(=O)[nH]c4=O)n3)cc(c1OCCC)C2. The highest BCUT2D eigenvalue weighted by atomic mass is 16.5. The molecule has 4 aromatic heterocycles. The molecule has 1 aliphatic carbocycles. The lowest BCUT2D eigenvalue weighted by Gasteiger charge is -2.24. The molecule has 9 rings (SSSR count). The quantitative estimate of drug-likeness (QED) is 0.0158. The second-order valence-electron chi connectivity index (χ2n) is 27.7. The van der Waals surface area contributed by atoms with E-state index in [2.05, 4.69) is 140 Å². The summed E-state index contributed by atoms with van der Waals surface area (Å²) in [7, 11) is 0. The van der Waals surface area contributed by atoms with E-state index in [0.29, 0.717) is 99.3 Å². The zero-order valence-electron chi connectivity index (χ0n) is 64.2. The van der Waals surface area contributed by atoms with Crippen molar-refractivity contribution in [2.24, 2.45) is 0 Å². The molecule has 2 atom stereocenters. The fourth-order valence-electron chi connectivity index (χ4n) is 13.3. The van der Waals surface area contributed by atoms with Crippen LogP contribution in [-0.2, 0) is 35.3 Å². The van der Waals surface area contributed by atoms with Gasteiger partial charge >= 0.3 is 34.1 Å². The molecule has 0 spiro atoms. The highest BCUT2D eigenvalue weighted by molar-refractivity contribution is 5.80. The summed E-state index contributed by atoms with van der Waals surface area (Å²) in [6.07, 6.45) is 20.2. The first kappa shape index (κ1) is 82.7. The molecule has 0 saturated heterocycles. The summed E-state index contributed by atoms with van der Waals surface area (Å²) in [5.41, 5.74) is 16.2. The summed E-state index contributed by atoms with van der Waals surface area (Å²) >= 11 is 0. The summed E-state index contributed by atoms with van der Waals surface area (Å²) in [5, 5.41) is 19.3. The molecule has 4 heterocycles. The molecule has 4 aromatic carbocycles. The van der Waals surface area contributed by atoms with Crippen molar-refractivity contribution in [2.75, 3.05) is 85.3 Å². The van der Waals surface area contributed by atoms with Crippen LogP contribution in [0.2, 0.25) is 0 Å². The molecule has 1 aliphatic rings. The minimum Gasteiger partial charge on any atom is -0.493 e. The minimum absolute atomic E-state index is 0.0599. The number of benzene rings is 4. The number of unbranched alkanes of at least 4 members (excludes halogenated alkanes) is 14. The molecule has 14 N–H and O–H groups in total. The number of nitrogen functional groups attached to an aromatic ring is 2. The van der Waals surface area contributed by atoms with Crippen LogP contribution in [0.25, 0.3) is 0 Å². The Hall–Kier alpha value is -11.3. The van der Waals surface area contributed by atoms with Crippen LogP contribution in [0, 0.1) is 0 Å². The molecule has 0 radical (unpaired) electrons. The highest BCUT2D eigenvalue weighted by Crippen LogP contribution is 2.42. The Labute approximate surface area is 638 Å². The maximum atomic E-state index is 12.6. The lowest BCUT2D eigenvalue weighted by Crippen LogP contribution is -2.48. The van der Waals surface area contributed by atoms with Crippen molar-refractivity contribution in [2.45, 2.75) is 208 Å². The van der Waals surface area contributed by atoms with Gasteiger partial charge in [0.2, 0.25) is 47.5 Å². The van der Waals surface area contributed by atoms with E-state index < -0.39 is 58.0 Å². The van der Waals surface area contributed by atoms with Gasteiger partial charge in [0.25, 0.3) is 0 Å². The van der Waals surface area contributed by atoms with E-state index in [1.165, 1.54) is 13.8 Å². The normalized spacial score (nSPS) is 12.3. The number of hydrogen-bond acceptors (Lipinski definition) is 24. The molecule has 2 amide bonds. The van der Waals surface area contributed by atoms with Crippen molar-refractivity contribution in [3.05, 3.63) is 168 Å². The van der Waals surface area contributed by atoms with Gasteiger partial charge in [-0.15, -0.1) is 0 Å². The second kappa shape index (κ2) is 42.4. The zero-order valence-corrected chi connectivity index (χ0v) is 64.2. The molecule has 0 unspecified atom stereocenters. The zero-order chi connectivity index (χ0) is 78.3. The number of H-pyrrole nitrogens is 4. The summed E-state index contributed by atoms with van der Waals surface area (Å²) in [4.78, 5) is 132. The summed E-state index contributed by atoms with van der Waals surface area (Å²) in [6, 6.07) is 18.8. The third kappa shape index (κ3) is 24.3. The standard InChI is InChI=1S/C78H108N20O12/c1-7-37-107-61-51-29-27-30-52(61)42-56-46-60(86-72-90-68(80)88-70(92-72)84-36-26-22-18-14-12-16-20-24-34-82-66(100)50(6)98-77(105)95-74(102)96-78(98)106)48-58(64(56)110-40-10-4)44-54-32-28-31-53(62(54)108-38-8-2)43-57-47-59(45-55(41-51)63(57)109-39-9-3)85-71-89-67(79)87-69(91-71)83-35-25-21-17-13-11-15-19-23-33-81-65(99)49(5)97-75(103)93-73(101)94-76(97)104/h27-32,45-50H,7-26,33-44H2,1-6H3,(H,81,99)(H,82,100)(H2,93,94,101,103,104)(H2,95,96,102,105,106)(H4,79,83,85,87,89,91)(H4,80,84,86,88,90,92)/t49-,50-/m0/s1. The molecule has 110 heavy (non-hydrogen) atoms. The topological polar surface area (TPSA) is 448 Å². The van der Waals surface area contributed by atoms with Crippen LogP contribution in [0.4, 0.5) is 47.1 Å². The predicted octanol–water partition coefficient (Wildman–Crippen LogP) is 9.44. The van der Waals surface area contributed by atoms with Gasteiger partial charge in [-0.2, -0.15) is 29.9 Å². The largest absolute Gasteiger partial charge is 0.493 e. The predicted molar refractivity (Wildman–Crippen MR) is 425 cm³/mol. The van der Waals surface area contributed by atoms with Crippen LogP contribution < -0.4 is 96.5 Å². The Balaban J connectivity index is 0.870. The number of nitrogens with zero attached hydrogens (tertiary/aromatic N) is 8. The lowest BCUT2D eigenvalue weighted by atomic mass is 9.90. The molecule has 0 aliphatic heterocycles. The minimum atomic E-state index is -1.08. The maximum Gasteiger partial charge on any atom is 0.334 e. The van der Waals surface area contributed by atoms with Crippen LogP contribution >= 0.6 is 0 Å². The average molecular weight is 1520 g/mol. The molecule has 8 bridgehead atoms. The number of aromatic nitrogens is 12. The molecule has 32 nitrogen and oxygen atoms in total. The molecule has 0 saturated carbocycles. The van der Waals surface area contributed by atoms with Crippen molar-refractivity contribution in [1.82, 2.24) is 69.6 Å². The molecule has 8 aromatic rings. The van der Waals surface area contributed by atoms with Crippen LogP contribution in [0.3, 0.4) is 0 Å². The monoisotopic (exact) mass is 1520 g/mol. The van der Waals surface area contributed by atoms with Gasteiger partial charge in [0.05, 0.1) is 26.4 Å². The third-order valence-electron chi connectivity index (χ3n) is 18.6. The average Bonchev–Trinajstić information content (AvgIpc) is 0.777. The number of carbonyl (C=O) groups excluding carboxylic acids is 2. The van der Waals surface area contributed by atoms with E-state index in [-0.39, 0.29) is 23.8 Å². The molecule has 32 heteroatoms. The van der Waals surface area contributed by atoms with Gasteiger partial charge < -0.3 is 62.3 Å². The Kier molecular flexibility index (Phi) is 31.9. The highest BCUT2D eigenvalue weighted by Gasteiger charge is 2.26. The van der Waals surface area contributed by atoms with E-state index >= 15 is 0 Å². The summed E-state index contributed by atoms with van der Waals surface area (Å²) < 4.78 is 28.9. The number of nitrogens with two attached hydrogens (primary N) is 2. The van der Waals surface area contributed by atoms with Gasteiger partial charge in [-0.05, 0) is 112 Å². The fourth-order valence-corrected chi connectivity index (χ4v) is 13.3. The first-order valence-corrected chi connectivity index (χ1v) is 38.9. The van der Waals surface area contributed by atoms with Gasteiger partial charge in [0, 0.05) is 85.5 Å². The maximum absolute atomic E-state index is 12.6. The van der Waals surface area contributed by atoms with Gasteiger partial charge in [-0.25, -0.2) is 37.9 Å². The number of amides is 2. The van der Waals surface area contributed by atoms with Gasteiger partial charge in [-0.3, -0.25) is 29.5 Å². The Morgan fingerprint density at radius 2 is 0.655 bits per heavy atom. The van der Waals surface area contributed by atoms with Gasteiger partial charge in [0.15, 0.2) is 0 Å². The lowest BCUT2D eigenvalue weighted by molar-refractivity contribution is -0.124. The van der Waals surface area contributed by atoms with E-state index in [1.54, 1.807) is 0 Å². The number of anilines is 8. The smallest absolute Gasteiger partial charge is 0.334 e. The second-order valence-corrected chi connectivity index (χ2v) is 27.7. The van der Waals surface area contributed by atoms with E-state index in [1.807, 2.05) is 19.9 Å². The Morgan fingerprint density at radius 3 is 0.945 bits per heavy atom. The number of hydrogen-bond donors (Lipinski definition) is 12. The van der Waals surface area contributed by atoms with Crippen molar-refractivity contribution in [1.29, 1.82) is 0 Å². The van der Waals surface area contributed by atoms with Crippen LogP contribution in [-0.4, -0.2) is 123 Å². The Bertz CT molecular complexity index is 4290. The number of ether oxygens (including phenoxy) is 4. The van der Waals surface area contributed by atoms with Crippen molar-refractivity contribution in [3.8, 4) is 23.0 Å². The van der Waals surface area contributed by atoms with Crippen LogP contribution in [0.5, 0.6) is 23.0 Å². The molecule has 592 valence electrons. The Morgan fingerprint density at radius 1 is 0.391 bits per heavy atom. The van der Waals surface area contributed by atoms with E-state index in [0.717, 1.165) is 207 Å². The number of aromatic amines is 4. The fraction of sp³-hybridized carbons (Fsp3) is 0.513. The van der Waals surface area contributed by atoms with E-state index in [9.17, 15) is 38.4 Å². The number of nitrogens with one attached hydrogen (secondary N) is 10. The van der Waals surface area contributed by atoms with Crippen molar-refractivity contribution >= 4 is 58.9 Å². The molecular formula is C78H108N20O12. The first-order valence-electron chi connectivity index (χ1n) is 38.9. The molecule has 0 fully saturated rings. The van der Waals surface area contributed by atoms with Crippen LogP contribution in [0.1, 0.15) is 227 Å². The first-order chi connectivity index (χ1) is 53.3. The third-order valence-corrected chi connectivity index (χ3v) is 18.6. The summed E-state index contributed by atoms with van der Waals surface area (Å²) in [5.74, 6) is 3.50. The number of para-hydroxylation sites is 2. The number of carbonyl (C=O) groups is 2. The van der Waals surface area contributed by atoms with Crippen LogP contribution in [0.15, 0.2) is 89.4 Å².